The minimum Gasteiger partial charge on any atom is -0.380 e. The molecule has 1 aromatic rings. The van der Waals surface area contributed by atoms with Gasteiger partial charge in [0, 0.05) is 25.4 Å². The number of pyridine rings is 1. The quantitative estimate of drug-likeness (QED) is 0.740. The van der Waals surface area contributed by atoms with Gasteiger partial charge in [-0.15, -0.1) is 0 Å². The van der Waals surface area contributed by atoms with Gasteiger partial charge in [-0.2, -0.15) is 0 Å². The first kappa shape index (κ1) is 9.00. The number of rotatable bonds is 3. The molecule has 0 saturated heterocycles. The molecule has 0 fully saturated rings. The van der Waals surface area contributed by atoms with Crippen molar-refractivity contribution < 1.29 is 4.74 Å². The molecule has 0 amide bonds. The summed E-state index contributed by atoms with van der Waals surface area (Å²) < 4.78 is 5.03. The highest BCUT2D eigenvalue weighted by Gasteiger charge is 2.00. The lowest BCUT2D eigenvalue weighted by Gasteiger charge is -2.07. The minimum absolute atomic E-state index is 0.601. The molecule has 3 nitrogen and oxygen atoms in total. The monoisotopic (exact) mass is 166 g/mol. The fourth-order valence-corrected chi connectivity index (χ4v) is 1.07. The average molecular weight is 166 g/mol. The Morgan fingerprint density at radius 2 is 2.25 bits per heavy atom. The van der Waals surface area contributed by atoms with Crippen LogP contribution in [0.15, 0.2) is 12.1 Å². The summed E-state index contributed by atoms with van der Waals surface area (Å²) in [6.45, 7) is 2.57. The van der Waals surface area contributed by atoms with E-state index in [1.807, 2.05) is 26.1 Å². The molecule has 0 aliphatic heterocycles. The van der Waals surface area contributed by atoms with E-state index in [1.165, 1.54) is 0 Å². The van der Waals surface area contributed by atoms with E-state index >= 15 is 0 Å². The molecule has 66 valence electrons. The van der Waals surface area contributed by atoms with E-state index in [2.05, 4.69) is 10.3 Å². The smallest absolute Gasteiger partial charge is 0.131 e. The van der Waals surface area contributed by atoms with E-state index in [1.54, 1.807) is 7.11 Å². The highest BCUT2D eigenvalue weighted by Crippen LogP contribution is 2.13. The van der Waals surface area contributed by atoms with Crippen LogP contribution in [0.25, 0.3) is 0 Å². The van der Waals surface area contributed by atoms with Crippen LogP contribution in [0.3, 0.4) is 0 Å². The molecule has 1 N–H and O–H groups in total. The van der Waals surface area contributed by atoms with Crippen molar-refractivity contribution in [3.05, 3.63) is 23.4 Å². The van der Waals surface area contributed by atoms with E-state index in [-0.39, 0.29) is 0 Å². The SMILES string of the molecule is CNc1nc(C)ccc1COC. The summed E-state index contributed by atoms with van der Waals surface area (Å²) in [5.41, 5.74) is 2.10. The summed E-state index contributed by atoms with van der Waals surface area (Å²) in [7, 11) is 3.54. The van der Waals surface area contributed by atoms with E-state index in [9.17, 15) is 0 Å². The summed E-state index contributed by atoms with van der Waals surface area (Å²) >= 11 is 0. The first-order valence-electron chi connectivity index (χ1n) is 3.91. The van der Waals surface area contributed by atoms with Gasteiger partial charge in [0.15, 0.2) is 0 Å². The van der Waals surface area contributed by atoms with E-state index in [0.717, 1.165) is 17.1 Å². The molecule has 0 spiro atoms. The Hall–Kier alpha value is -1.09. The average Bonchev–Trinajstić information content (AvgIpc) is 2.08. The van der Waals surface area contributed by atoms with E-state index in [4.69, 9.17) is 4.74 Å². The standard InChI is InChI=1S/C9H14N2O/c1-7-4-5-8(6-12-3)9(10-2)11-7/h4-5H,6H2,1-3H3,(H,10,11). The Kier molecular flexibility index (Phi) is 3.05. The molecule has 0 aliphatic rings. The Balaban J connectivity index is 2.94. The maximum Gasteiger partial charge on any atom is 0.131 e. The molecule has 0 saturated carbocycles. The molecular weight excluding hydrogens is 152 g/mol. The van der Waals surface area contributed by atoms with Gasteiger partial charge in [-0.05, 0) is 13.0 Å². The van der Waals surface area contributed by atoms with Crippen molar-refractivity contribution in [1.29, 1.82) is 0 Å². The molecule has 3 heteroatoms. The van der Waals surface area contributed by atoms with Crippen LogP contribution in [0.2, 0.25) is 0 Å². The van der Waals surface area contributed by atoms with Gasteiger partial charge in [-0.25, -0.2) is 4.98 Å². The molecule has 0 bridgehead atoms. The summed E-state index contributed by atoms with van der Waals surface area (Å²) in [5, 5.41) is 3.03. The first-order chi connectivity index (χ1) is 5.77. The number of hydrogen-bond donors (Lipinski definition) is 1. The largest absolute Gasteiger partial charge is 0.380 e. The number of aromatic nitrogens is 1. The molecule has 1 aromatic heterocycles. The van der Waals surface area contributed by atoms with Crippen LogP contribution in [0.1, 0.15) is 11.3 Å². The van der Waals surface area contributed by atoms with Crippen LogP contribution in [0.4, 0.5) is 5.82 Å². The van der Waals surface area contributed by atoms with Crippen LogP contribution in [0, 0.1) is 6.92 Å². The molecule has 1 rings (SSSR count). The molecular formula is C9H14N2O. The van der Waals surface area contributed by atoms with Gasteiger partial charge in [0.05, 0.1) is 6.61 Å². The maximum atomic E-state index is 5.03. The fraction of sp³-hybridized carbons (Fsp3) is 0.444. The van der Waals surface area contributed by atoms with Crippen molar-refractivity contribution in [2.45, 2.75) is 13.5 Å². The van der Waals surface area contributed by atoms with Gasteiger partial charge < -0.3 is 10.1 Å². The van der Waals surface area contributed by atoms with Crippen molar-refractivity contribution in [3.63, 3.8) is 0 Å². The highest BCUT2D eigenvalue weighted by molar-refractivity contribution is 5.43. The number of hydrogen-bond acceptors (Lipinski definition) is 3. The minimum atomic E-state index is 0.601. The second-order valence-corrected chi connectivity index (χ2v) is 2.64. The van der Waals surface area contributed by atoms with E-state index < -0.39 is 0 Å². The third-order valence-corrected chi connectivity index (χ3v) is 1.65. The Morgan fingerprint density at radius 1 is 1.50 bits per heavy atom. The Morgan fingerprint density at radius 3 is 2.83 bits per heavy atom. The van der Waals surface area contributed by atoms with Gasteiger partial charge in [0.1, 0.15) is 5.82 Å². The lowest BCUT2D eigenvalue weighted by molar-refractivity contribution is 0.185. The zero-order valence-electron chi connectivity index (χ0n) is 7.72. The van der Waals surface area contributed by atoms with Crippen LogP contribution >= 0.6 is 0 Å². The topological polar surface area (TPSA) is 34.2 Å². The van der Waals surface area contributed by atoms with Gasteiger partial charge in [0.2, 0.25) is 0 Å². The molecule has 0 unspecified atom stereocenters. The number of ether oxygens (including phenoxy) is 1. The summed E-state index contributed by atoms with van der Waals surface area (Å²) in [5.74, 6) is 0.900. The normalized spacial score (nSPS) is 9.92. The van der Waals surface area contributed by atoms with Crippen LogP contribution in [-0.2, 0) is 11.3 Å². The second kappa shape index (κ2) is 4.07. The van der Waals surface area contributed by atoms with E-state index in [0.29, 0.717) is 6.61 Å². The number of nitrogens with one attached hydrogen (secondary N) is 1. The van der Waals surface area contributed by atoms with Crippen LogP contribution in [0.5, 0.6) is 0 Å². The molecule has 0 atom stereocenters. The molecule has 12 heavy (non-hydrogen) atoms. The molecule has 0 radical (unpaired) electrons. The predicted octanol–water partition coefficient (Wildman–Crippen LogP) is 1.58. The molecule has 0 aromatic carbocycles. The molecule has 1 heterocycles. The number of methoxy groups -OCH3 is 1. The lowest BCUT2D eigenvalue weighted by atomic mass is 10.2. The van der Waals surface area contributed by atoms with Crippen molar-refractivity contribution >= 4 is 5.82 Å². The van der Waals surface area contributed by atoms with Crippen molar-refractivity contribution in [3.8, 4) is 0 Å². The van der Waals surface area contributed by atoms with Crippen LogP contribution in [-0.4, -0.2) is 19.1 Å². The Labute approximate surface area is 72.8 Å². The predicted molar refractivity (Wildman–Crippen MR) is 49.2 cm³/mol. The van der Waals surface area contributed by atoms with Gasteiger partial charge in [0.25, 0.3) is 0 Å². The molecule has 0 aliphatic carbocycles. The van der Waals surface area contributed by atoms with Gasteiger partial charge in [-0.1, -0.05) is 6.07 Å². The maximum absolute atomic E-state index is 5.03. The van der Waals surface area contributed by atoms with Gasteiger partial charge >= 0.3 is 0 Å². The summed E-state index contributed by atoms with van der Waals surface area (Å²) in [6.07, 6.45) is 0. The third kappa shape index (κ3) is 1.95. The van der Waals surface area contributed by atoms with Crippen molar-refractivity contribution in [2.75, 3.05) is 19.5 Å². The zero-order chi connectivity index (χ0) is 8.97. The summed E-state index contributed by atoms with van der Waals surface area (Å²) in [4.78, 5) is 4.32. The number of aryl methyl sites for hydroxylation is 1. The zero-order valence-corrected chi connectivity index (χ0v) is 7.72. The Bertz CT molecular complexity index is 261. The van der Waals surface area contributed by atoms with Crippen molar-refractivity contribution in [1.82, 2.24) is 4.98 Å². The number of nitrogens with zero attached hydrogens (tertiary/aromatic N) is 1. The number of anilines is 1. The summed E-state index contributed by atoms with van der Waals surface area (Å²) in [6, 6.07) is 4.01. The van der Waals surface area contributed by atoms with Crippen molar-refractivity contribution in [2.24, 2.45) is 0 Å². The highest BCUT2D eigenvalue weighted by atomic mass is 16.5. The second-order valence-electron chi connectivity index (χ2n) is 2.64. The van der Waals surface area contributed by atoms with Gasteiger partial charge in [-0.3, -0.25) is 0 Å². The third-order valence-electron chi connectivity index (χ3n) is 1.65. The fourth-order valence-electron chi connectivity index (χ4n) is 1.07. The first-order valence-corrected chi connectivity index (χ1v) is 3.91. The van der Waals surface area contributed by atoms with Crippen LogP contribution < -0.4 is 5.32 Å². The lowest BCUT2D eigenvalue weighted by Crippen LogP contribution is -2.00.